The normalized spacial score (nSPS) is 30.0. The average molecular weight is 343 g/mol. The summed E-state index contributed by atoms with van der Waals surface area (Å²) in [4.78, 5) is 12.6. The Morgan fingerprint density at radius 3 is 2.24 bits per heavy atom. The molecule has 1 amide bonds. The van der Waals surface area contributed by atoms with E-state index in [1.54, 1.807) is 0 Å². The molecule has 2 fully saturated rings. The summed E-state index contributed by atoms with van der Waals surface area (Å²) in [6.07, 6.45) is 4.03. The summed E-state index contributed by atoms with van der Waals surface area (Å²) in [6.45, 7) is 10.5. The first-order chi connectivity index (χ1) is 11.7. The molecular formula is C20H30BNO3. The van der Waals surface area contributed by atoms with Gasteiger partial charge in [-0.15, -0.1) is 0 Å². The molecule has 2 aliphatic rings. The van der Waals surface area contributed by atoms with Crippen molar-refractivity contribution in [3.63, 3.8) is 0 Å². The summed E-state index contributed by atoms with van der Waals surface area (Å²) in [5.41, 5.74) is 0.0120. The summed E-state index contributed by atoms with van der Waals surface area (Å²) >= 11 is 0. The molecule has 2 atom stereocenters. The van der Waals surface area contributed by atoms with Crippen LogP contribution in [0.3, 0.4) is 0 Å². The molecule has 0 aromatic heterocycles. The maximum absolute atomic E-state index is 12.6. The molecule has 1 aromatic rings. The fourth-order valence-electron chi connectivity index (χ4n) is 3.95. The Morgan fingerprint density at radius 1 is 1.16 bits per heavy atom. The van der Waals surface area contributed by atoms with Gasteiger partial charge in [0, 0.05) is 16.9 Å². The largest absolute Gasteiger partial charge is 0.466 e. The number of carbonyl (C=O) groups excluding carboxylic acids is 1. The van der Waals surface area contributed by atoms with E-state index in [1.807, 2.05) is 30.3 Å². The first-order valence-corrected chi connectivity index (χ1v) is 9.43. The number of benzene rings is 1. The van der Waals surface area contributed by atoms with Crippen molar-refractivity contribution in [1.29, 1.82) is 0 Å². The lowest BCUT2D eigenvalue weighted by Gasteiger charge is -2.50. The molecule has 136 valence electrons. The molecule has 0 unspecified atom stereocenters. The molecule has 0 bridgehead atoms. The van der Waals surface area contributed by atoms with Crippen molar-refractivity contribution in [3.05, 3.63) is 35.9 Å². The summed E-state index contributed by atoms with van der Waals surface area (Å²) in [7, 11) is -0.271. The van der Waals surface area contributed by atoms with E-state index in [2.05, 4.69) is 39.9 Å². The zero-order valence-electron chi connectivity index (χ0n) is 16.1. The molecule has 1 aliphatic heterocycles. The van der Waals surface area contributed by atoms with E-state index < -0.39 is 0 Å². The van der Waals surface area contributed by atoms with Gasteiger partial charge in [0.2, 0.25) is 0 Å². The molecule has 25 heavy (non-hydrogen) atoms. The van der Waals surface area contributed by atoms with Gasteiger partial charge in [-0.3, -0.25) is 4.79 Å². The summed E-state index contributed by atoms with van der Waals surface area (Å²) < 4.78 is 12.7. The Morgan fingerprint density at radius 2 is 1.76 bits per heavy atom. The molecule has 4 nitrogen and oxygen atoms in total. The third-order valence-electron chi connectivity index (χ3n) is 6.37. The minimum atomic E-state index is -0.345. The predicted molar refractivity (Wildman–Crippen MR) is 101 cm³/mol. The van der Waals surface area contributed by atoms with E-state index in [1.165, 1.54) is 0 Å². The van der Waals surface area contributed by atoms with Gasteiger partial charge in [0.25, 0.3) is 5.91 Å². The smallest absolute Gasteiger partial charge is 0.403 e. The SMILES string of the molecule is CCC[C@]1(B2OC(C)(C)C(C)(C)O2)CC[C@H]1NC(=O)c1ccccc1. The van der Waals surface area contributed by atoms with Crippen LogP contribution in [0.2, 0.25) is 5.31 Å². The van der Waals surface area contributed by atoms with Crippen LogP contribution in [-0.4, -0.2) is 30.3 Å². The second-order valence-corrected chi connectivity index (χ2v) is 8.50. The lowest BCUT2D eigenvalue weighted by Crippen LogP contribution is -2.58. The lowest BCUT2D eigenvalue weighted by atomic mass is 9.42. The van der Waals surface area contributed by atoms with Gasteiger partial charge in [0.1, 0.15) is 0 Å². The molecule has 1 aromatic carbocycles. The van der Waals surface area contributed by atoms with E-state index in [4.69, 9.17) is 9.31 Å². The van der Waals surface area contributed by atoms with Crippen LogP contribution in [0.25, 0.3) is 0 Å². The van der Waals surface area contributed by atoms with Crippen molar-refractivity contribution in [1.82, 2.24) is 5.32 Å². The van der Waals surface area contributed by atoms with E-state index >= 15 is 0 Å². The Bertz CT molecular complexity index is 615. The highest BCUT2D eigenvalue weighted by Gasteiger charge is 2.64. The molecule has 5 heteroatoms. The topological polar surface area (TPSA) is 47.6 Å². The third-order valence-corrected chi connectivity index (χ3v) is 6.37. The number of nitrogens with one attached hydrogen (secondary N) is 1. The molecular weight excluding hydrogens is 313 g/mol. The van der Waals surface area contributed by atoms with Crippen molar-refractivity contribution in [2.75, 3.05) is 0 Å². The van der Waals surface area contributed by atoms with Crippen LogP contribution in [-0.2, 0) is 9.31 Å². The van der Waals surface area contributed by atoms with E-state index in [0.29, 0.717) is 5.56 Å². The van der Waals surface area contributed by atoms with Crippen LogP contribution >= 0.6 is 0 Å². The van der Waals surface area contributed by atoms with Crippen LogP contribution in [0.1, 0.15) is 70.7 Å². The van der Waals surface area contributed by atoms with Crippen molar-refractivity contribution < 1.29 is 14.1 Å². The zero-order valence-corrected chi connectivity index (χ0v) is 16.1. The molecule has 1 saturated heterocycles. The molecule has 1 N–H and O–H groups in total. The highest BCUT2D eigenvalue weighted by Crippen LogP contribution is 2.58. The third kappa shape index (κ3) is 3.13. The van der Waals surface area contributed by atoms with Gasteiger partial charge in [-0.2, -0.15) is 0 Å². The van der Waals surface area contributed by atoms with Gasteiger partial charge in [0.05, 0.1) is 11.2 Å². The number of amides is 1. The van der Waals surface area contributed by atoms with E-state index in [9.17, 15) is 4.79 Å². The summed E-state index contributed by atoms with van der Waals surface area (Å²) in [6, 6.07) is 9.50. The minimum Gasteiger partial charge on any atom is -0.403 e. The van der Waals surface area contributed by atoms with Crippen LogP contribution in [0.4, 0.5) is 0 Å². The first kappa shape index (κ1) is 18.5. The fourth-order valence-corrected chi connectivity index (χ4v) is 3.95. The number of carbonyl (C=O) groups is 1. The maximum atomic E-state index is 12.6. The number of hydrogen-bond acceptors (Lipinski definition) is 3. The van der Waals surface area contributed by atoms with Gasteiger partial charge >= 0.3 is 7.12 Å². The van der Waals surface area contributed by atoms with E-state index in [0.717, 1.165) is 25.7 Å². The van der Waals surface area contributed by atoms with Gasteiger partial charge < -0.3 is 14.6 Å². The Labute approximate surface area is 151 Å². The summed E-state index contributed by atoms with van der Waals surface area (Å²) in [5, 5.41) is 3.11. The maximum Gasteiger partial charge on any atom is 0.466 e. The Kier molecular flexibility index (Phi) is 4.76. The molecule has 0 radical (unpaired) electrons. The van der Waals surface area contributed by atoms with Gasteiger partial charge in [0.15, 0.2) is 0 Å². The van der Waals surface area contributed by atoms with Crippen LogP contribution in [0.5, 0.6) is 0 Å². The molecule has 0 spiro atoms. The second kappa shape index (κ2) is 6.44. The number of hydrogen-bond donors (Lipinski definition) is 1. The van der Waals surface area contributed by atoms with Crippen molar-refractivity contribution in [2.45, 2.75) is 82.9 Å². The molecule has 1 aliphatic carbocycles. The zero-order chi connectivity index (χ0) is 18.3. The molecule has 1 heterocycles. The van der Waals surface area contributed by atoms with Crippen molar-refractivity contribution in [2.24, 2.45) is 0 Å². The molecule has 1 saturated carbocycles. The number of rotatable bonds is 5. The molecule has 3 rings (SSSR count). The summed E-state index contributed by atoms with van der Waals surface area (Å²) in [5.74, 6) is -0.0118. The first-order valence-electron chi connectivity index (χ1n) is 9.43. The standard InChI is InChI=1S/C20H30BNO3/c1-6-13-20(21-24-18(2,3)19(4,5)25-21)14-12-16(20)22-17(23)15-10-8-7-9-11-15/h7-11,16H,6,12-14H2,1-5H3,(H,22,23)/t16-,20+/m1/s1. The van der Waals surface area contributed by atoms with Gasteiger partial charge in [-0.1, -0.05) is 31.5 Å². The highest BCUT2D eigenvalue weighted by atomic mass is 16.7. The van der Waals surface area contributed by atoms with Gasteiger partial charge in [-0.05, 0) is 59.1 Å². The quantitative estimate of drug-likeness (QED) is 0.815. The average Bonchev–Trinajstić information content (AvgIpc) is 2.77. The van der Waals surface area contributed by atoms with Crippen LogP contribution in [0.15, 0.2) is 30.3 Å². The van der Waals surface area contributed by atoms with Crippen LogP contribution in [0, 0.1) is 0 Å². The van der Waals surface area contributed by atoms with Crippen molar-refractivity contribution in [3.8, 4) is 0 Å². The van der Waals surface area contributed by atoms with Crippen molar-refractivity contribution >= 4 is 13.0 Å². The second-order valence-electron chi connectivity index (χ2n) is 8.50. The highest BCUT2D eigenvalue weighted by molar-refractivity contribution is 6.50. The van der Waals surface area contributed by atoms with Gasteiger partial charge in [-0.25, -0.2) is 0 Å². The lowest BCUT2D eigenvalue weighted by molar-refractivity contribution is 0.00578. The minimum absolute atomic E-state index is 0.0118. The predicted octanol–water partition coefficient (Wildman–Crippen LogP) is 4.21. The fraction of sp³-hybridized carbons (Fsp3) is 0.650. The van der Waals surface area contributed by atoms with Crippen LogP contribution < -0.4 is 5.32 Å². The van der Waals surface area contributed by atoms with E-state index in [-0.39, 0.29) is 35.6 Å². The monoisotopic (exact) mass is 343 g/mol. The Balaban J connectivity index is 1.78. The Hall–Kier alpha value is -1.33.